The molecule has 0 fully saturated rings. The summed E-state index contributed by atoms with van der Waals surface area (Å²) in [5.74, 6) is 1.12. The highest BCUT2D eigenvalue weighted by Crippen LogP contribution is 2.35. The van der Waals surface area contributed by atoms with Crippen molar-refractivity contribution in [3.8, 4) is 34.1 Å². The van der Waals surface area contributed by atoms with Crippen LogP contribution in [0.2, 0.25) is 0 Å². The van der Waals surface area contributed by atoms with Crippen LogP contribution >= 0.6 is 0 Å². The van der Waals surface area contributed by atoms with E-state index < -0.39 is 0 Å². The molecule has 0 aliphatic carbocycles. The van der Waals surface area contributed by atoms with E-state index in [4.69, 9.17) is 4.74 Å². The van der Waals surface area contributed by atoms with Gasteiger partial charge < -0.3 is 20.1 Å². The van der Waals surface area contributed by atoms with E-state index in [0.29, 0.717) is 45.3 Å². The van der Waals surface area contributed by atoms with Crippen LogP contribution in [0.1, 0.15) is 21.7 Å². The van der Waals surface area contributed by atoms with Gasteiger partial charge in [0.15, 0.2) is 11.5 Å². The Bertz CT molecular complexity index is 1860. The number of hydrogen-bond donors (Lipinski definition) is 3. The topological polar surface area (TPSA) is 130 Å². The number of phenolic OH excluding ortho intramolecular Hbond substituents is 1. The molecule has 6 rings (SSSR count). The SMILES string of the molecule is COc1ncccc1-c1ccc(O)c(-c2nc3ccc(C(=O)Nc4cc5nc(C)cc(C)n5n4)cc3[nH]2)c1. The van der Waals surface area contributed by atoms with Gasteiger partial charge in [0.1, 0.15) is 11.6 Å². The van der Waals surface area contributed by atoms with Crippen LogP contribution in [0.3, 0.4) is 0 Å². The number of rotatable bonds is 5. The molecule has 0 saturated carbocycles. The second-order valence-corrected chi connectivity index (χ2v) is 8.90. The smallest absolute Gasteiger partial charge is 0.256 e. The van der Waals surface area contributed by atoms with Crippen LogP contribution in [-0.2, 0) is 0 Å². The Morgan fingerprint density at radius 2 is 1.89 bits per heavy atom. The zero-order chi connectivity index (χ0) is 26.4. The standard InChI is InChI=1S/C28H23N7O3/c1-15-11-16(2)35-25(30-15)14-24(34-35)33-27(37)18-6-8-21-22(13-18)32-26(31-21)20-12-17(7-9-23(20)36)19-5-4-10-29-28(19)38-3/h4-14,36H,1-3H3,(H,31,32)(H,33,34,37). The van der Waals surface area contributed by atoms with Crippen molar-refractivity contribution >= 4 is 28.4 Å². The summed E-state index contributed by atoms with van der Waals surface area (Å²) in [6.07, 6.45) is 1.66. The molecule has 0 radical (unpaired) electrons. The van der Waals surface area contributed by atoms with Crippen molar-refractivity contribution in [1.29, 1.82) is 0 Å². The lowest BCUT2D eigenvalue weighted by molar-refractivity contribution is 0.102. The molecule has 188 valence electrons. The second kappa shape index (κ2) is 9.00. The number of imidazole rings is 1. The lowest BCUT2D eigenvalue weighted by atomic mass is 10.0. The highest BCUT2D eigenvalue weighted by atomic mass is 16.5. The molecule has 3 N–H and O–H groups in total. The molecule has 10 nitrogen and oxygen atoms in total. The number of pyridine rings is 1. The zero-order valence-corrected chi connectivity index (χ0v) is 20.9. The summed E-state index contributed by atoms with van der Waals surface area (Å²) in [6.45, 7) is 3.85. The fourth-order valence-electron chi connectivity index (χ4n) is 4.48. The largest absolute Gasteiger partial charge is 0.507 e. The summed E-state index contributed by atoms with van der Waals surface area (Å²) < 4.78 is 7.07. The lowest BCUT2D eigenvalue weighted by Gasteiger charge is -2.09. The first-order valence-electron chi connectivity index (χ1n) is 11.9. The Morgan fingerprint density at radius 1 is 1.03 bits per heavy atom. The number of phenols is 1. The number of anilines is 1. The molecule has 0 aliphatic rings. The van der Waals surface area contributed by atoms with Crippen molar-refractivity contribution in [2.45, 2.75) is 13.8 Å². The van der Waals surface area contributed by atoms with Crippen molar-refractivity contribution in [1.82, 2.24) is 29.5 Å². The average Bonchev–Trinajstić information content (AvgIpc) is 3.52. The summed E-state index contributed by atoms with van der Waals surface area (Å²) in [6, 6.07) is 17.8. The Kier molecular flexibility index (Phi) is 5.49. The number of fused-ring (bicyclic) bond motifs is 2. The molecular formula is C28H23N7O3. The van der Waals surface area contributed by atoms with Crippen molar-refractivity contribution in [2.24, 2.45) is 0 Å². The maximum absolute atomic E-state index is 13.0. The number of carbonyl (C=O) groups is 1. The third-order valence-electron chi connectivity index (χ3n) is 6.25. The zero-order valence-electron chi connectivity index (χ0n) is 20.9. The van der Waals surface area contributed by atoms with Crippen LogP contribution in [0.15, 0.2) is 66.9 Å². The van der Waals surface area contributed by atoms with Crippen molar-refractivity contribution in [3.63, 3.8) is 0 Å². The molecule has 10 heteroatoms. The summed E-state index contributed by atoms with van der Waals surface area (Å²) in [5.41, 5.74) is 6.33. The van der Waals surface area contributed by atoms with E-state index in [1.807, 2.05) is 38.1 Å². The number of aromatic amines is 1. The molecule has 0 unspecified atom stereocenters. The van der Waals surface area contributed by atoms with Crippen molar-refractivity contribution in [2.75, 3.05) is 12.4 Å². The predicted molar refractivity (Wildman–Crippen MR) is 143 cm³/mol. The molecule has 0 saturated heterocycles. The normalized spacial score (nSPS) is 11.2. The van der Waals surface area contributed by atoms with E-state index >= 15 is 0 Å². The van der Waals surface area contributed by atoms with E-state index in [-0.39, 0.29) is 11.7 Å². The molecule has 4 heterocycles. The first kappa shape index (κ1) is 23.2. The van der Waals surface area contributed by atoms with Gasteiger partial charge in [0, 0.05) is 34.8 Å². The van der Waals surface area contributed by atoms with E-state index in [1.165, 1.54) is 0 Å². The average molecular weight is 506 g/mol. The molecule has 0 spiro atoms. The third kappa shape index (κ3) is 4.07. The molecule has 1 amide bonds. The van der Waals surface area contributed by atoms with Gasteiger partial charge in [0.05, 0.1) is 23.7 Å². The van der Waals surface area contributed by atoms with Crippen LogP contribution in [0.5, 0.6) is 11.6 Å². The van der Waals surface area contributed by atoms with Gasteiger partial charge in [0.2, 0.25) is 5.88 Å². The van der Waals surface area contributed by atoms with Crippen LogP contribution in [0, 0.1) is 13.8 Å². The molecule has 2 aromatic carbocycles. The molecule has 38 heavy (non-hydrogen) atoms. The number of methoxy groups -OCH3 is 1. The third-order valence-corrected chi connectivity index (χ3v) is 6.25. The summed E-state index contributed by atoms with van der Waals surface area (Å²) in [7, 11) is 1.56. The number of ether oxygens (including phenoxy) is 1. The highest BCUT2D eigenvalue weighted by Gasteiger charge is 2.16. The van der Waals surface area contributed by atoms with E-state index in [9.17, 15) is 9.90 Å². The summed E-state index contributed by atoms with van der Waals surface area (Å²) in [4.78, 5) is 29.6. The van der Waals surface area contributed by atoms with Gasteiger partial charge in [-0.25, -0.2) is 19.5 Å². The Morgan fingerprint density at radius 3 is 2.74 bits per heavy atom. The van der Waals surface area contributed by atoms with Crippen molar-refractivity contribution in [3.05, 3.63) is 83.8 Å². The monoisotopic (exact) mass is 505 g/mol. The van der Waals surface area contributed by atoms with E-state index in [1.54, 1.807) is 54.2 Å². The van der Waals surface area contributed by atoms with Gasteiger partial charge >= 0.3 is 0 Å². The van der Waals surface area contributed by atoms with E-state index in [2.05, 4.69) is 30.4 Å². The first-order chi connectivity index (χ1) is 18.4. The number of aromatic hydroxyl groups is 1. The summed E-state index contributed by atoms with van der Waals surface area (Å²) in [5, 5.41) is 17.9. The molecule has 0 aliphatic heterocycles. The number of carbonyl (C=O) groups excluding carboxylic acids is 1. The van der Waals surface area contributed by atoms with E-state index in [0.717, 1.165) is 22.5 Å². The van der Waals surface area contributed by atoms with Crippen LogP contribution in [0.25, 0.3) is 39.2 Å². The first-order valence-corrected chi connectivity index (χ1v) is 11.9. The van der Waals surface area contributed by atoms with Gasteiger partial charge in [0.25, 0.3) is 5.91 Å². The predicted octanol–water partition coefficient (Wildman–Crippen LogP) is 4.92. The number of H-pyrrole nitrogens is 1. The van der Waals surface area contributed by atoms with Crippen LogP contribution in [-0.4, -0.2) is 47.7 Å². The minimum atomic E-state index is -0.311. The lowest BCUT2D eigenvalue weighted by Crippen LogP contribution is -2.12. The molecule has 4 aromatic heterocycles. The number of aryl methyl sites for hydroxylation is 2. The highest BCUT2D eigenvalue weighted by molar-refractivity contribution is 6.05. The number of amides is 1. The molecule has 6 aromatic rings. The number of nitrogens with one attached hydrogen (secondary N) is 2. The van der Waals surface area contributed by atoms with Crippen molar-refractivity contribution < 1.29 is 14.6 Å². The fourth-order valence-corrected chi connectivity index (χ4v) is 4.48. The van der Waals surface area contributed by atoms with Gasteiger partial charge in [-0.05, 0) is 67.9 Å². The number of hydrogen-bond acceptors (Lipinski definition) is 7. The fraction of sp³-hybridized carbons (Fsp3) is 0.107. The Balaban J connectivity index is 1.31. The van der Waals surface area contributed by atoms with Gasteiger partial charge in [-0.15, -0.1) is 5.10 Å². The quantitative estimate of drug-likeness (QED) is 0.303. The maximum atomic E-state index is 13.0. The van der Waals surface area contributed by atoms with Gasteiger partial charge in [-0.2, -0.15) is 0 Å². The number of nitrogens with zero attached hydrogens (tertiary/aromatic N) is 5. The Labute approximate surface area is 217 Å². The summed E-state index contributed by atoms with van der Waals surface area (Å²) >= 11 is 0. The number of benzene rings is 2. The van der Waals surface area contributed by atoms with Crippen LogP contribution < -0.4 is 10.1 Å². The van der Waals surface area contributed by atoms with Crippen LogP contribution in [0.4, 0.5) is 5.82 Å². The number of aromatic nitrogens is 6. The van der Waals surface area contributed by atoms with Gasteiger partial charge in [-0.1, -0.05) is 6.07 Å². The minimum Gasteiger partial charge on any atom is -0.507 e. The molecule has 0 atom stereocenters. The molecular weight excluding hydrogens is 482 g/mol. The minimum absolute atomic E-state index is 0.0691. The maximum Gasteiger partial charge on any atom is 0.256 e. The Hall–Kier alpha value is -5.25. The molecule has 0 bridgehead atoms. The second-order valence-electron chi connectivity index (χ2n) is 8.90. The van der Waals surface area contributed by atoms with Gasteiger partial charge in [-0.3, -0.25) is 4.79 Å².